The number of rotatable bonds is 6. The molecule has 164 valence electrons. The second-order valence-electron chi connectivity index (χ2n) is 7.94. The fourth-order valence-corrected chi connectivity index (χ4v) is 4.05. The Balaban J connectivity index is 1.50. The van der Waals surface area contributed by atoms with Crippen LogP contribution in [0.3, 0.4) is 0 Å². The van der Waals surface area contributed by atoms with Gasteiger partial charge in [-0.15, -0.1) is 0 Å². The molecule has 3 aromatic heterocycles. The normalized spacial score (nSPS) is 11.1. The lowest BCUT2D eigenvalue weighted by Crippen LogP contribution is -2.06. The summed E-state index contributed by atoms with van der Waals surface area (Å²) in [7, 11) is 1.37. The molecule has 0 atom stereocenters. The lowest BCUT2D eigenvalue weighted by atomic mass is 10.0. The highest BCUT2D eigenvalue weighted by Gasteiger charge is 2.21. The van der Waals surface area contributed by atoms with Crippen LogP contribution in [0.1, 0.15) is 32.7 Å². The standard InChI is InChI=1S/C27H23N3O3/c1-18-25-22(27(31)32-2)16-23(24-9-6-14-33-24)28-26(25)30(29-18)17-21-12-10-20(11-13-21)15-19-7-4-3-5-8-19/h3-14,16H,15,17H2,1-2H3. The summed E-state index contributed by atoms with van der Waals surface area (Å²) in [6.45, 7) is 2.41. The highest BCUT2D eigenvalue weighted by Crippen LogP contribution is 2.28. The summed E-state index contributed by atoms with van der Waals surface area (Å²) in [5, 5.41) is 5.38. The zero-order chi connectivity index (χ0) is 22.8. The van der Waals surface area contributed by atoms with Gasteiger partial charge in [-0.05, 0) is 48.2 Å². The van der Waals surface area contributed by atoms with Crippen LogP contribution in [0, 0.1) is 6.92 Å². The number of pyridine rings is 1. The Morgan fingerprint density at radius 3 is 2.39 bits per heavy atom. The van der Waals surface area contributed by atoms with Crippen LogP contribution in [0.5, 0.6) is 0 Å². The summed E-state index contributed by atoms with van der Waals surface area (Å²) < 4.78 is 12.4. The van der Waals surface area contributed by atoms with Crippen molar-refractivity contribution in [1.82, 2.24) is 14.8 Å². The van der Waals surface area contributed by atoms with Gasteiger partial charge in [-0.3, -0.25) is 0 Å². The molecule has 2 aromatic carbocycles. The first-order valence-corrected chi connectivity index (χ1v) is 10.7. The molecular weight excluding hydrogens is 414 g/mol. The van der Waals surface area contributed by atoms with Crippen LogP contribution in [0.4, 0.5) is 0 Å². The molecule has 5 rings (SSSR count). The number of carbonyl (C=O) groups is 1. The predicted molar refractivity (Wildman–Crippen MR) is 126 cm³/mol. The van der Waals surface area contributed by atoms with Crippen LogP contribution in [0.25, 0.3) is 22.5 Å². The predicted octanol–water partition coefficient (Wildman–Crippen LogP) is 5.43. The molecule has 0 N–H and O–H groups in total. The van der Waals surface area contributed by atoms with Crippen molar-refractivity contribution < 1.29 is 13.9 Å². The van der Waals surface area contributed by atoms with Crippen molar-refractivity contribution >= 4 is 17.0 Å². The minimum absolute atomic E-state index is 0.427. The van der Waals surface area contributed by atoms with Crippen molar-refractivity contribution in [3.8, 4) is 11.5 Å². The Labute approximate surface area is 191 Å². The SMILES string of the molecule is COC(=O)c1cc(-c2ccco2)nc2c1c(C)nn2Cc1ccc(Cc2ccccc2)cc1. The molecule has 0 aliphatic carbocycles. The van der Waals surface area contributed by atoms with E-state index in [2.05, 4.69) is 48.5 Å². The monoisotopic (exact) mass is 437 g/mol. The van der Waals surface area contributed by atoms with Crippen LogP contribution in [0.15, 0.2) is 83.5 Å². The number of hydrogen-bond donors (Lipinski definition) is 0. The maximum Gasteiger partial charge on any atom is 0.338 e. The Bertz CT molecular complexity index is 1400. The summed E-state index contributed by atoms with van der Waals surface area (Å²) in [5.41, 5.74) is 5.96. The average molecular weight is 437 g/mol. The number of aryl methyl sites for hydroxylation is 1. The molecular formula is C27H23N3O3. The number of ether oxygens (including phenoxy) is 1. The van der Waals surface area contributed by atoms with Crippen molar-refractivity contribution in [3.63, 3.8) is 0 Å². The summed E-state index contributed by atoms with van der Waals surface area (Å²) in [6, 6.07) is 24.2. The number of hydrogen-bond acceptors (Lipinski definition) is 5. The van der Waals surface area contributed by atoms with Gasteiger partial charge in [-0.1, -0.05) is 54.6 Å². The molecule has 5 aromatic rings. The van der Waals surface area contributed by atoms with Gasteiger partial charge in [0.25, 0.3) is 0 Å². The van der Waals surface area contributed by atoms with E-state index in [9.17, 15) is 4.79 Å². The average Bonchev–Trinajstić information content (AvgIpc) is 3.49. The second kappa shape index (κ2) is 8.74. The fraction of sp³-hybridized carbons (Fsp3) is 0.148. The number of furan rings is 1. The second-order valence-corrected chi connectivity index (χ2v) is 7.94. The first-order chi connectivity index (χ1) is 16.1. The first kappa shape index (κ1) is 20.7. The van der Waals surface area contributed by atoms with Gasteiger partial charge in [-0.25, -0.2) is 14.5 Å². The van der Waals surface area contributed by atoms with E-state index in [1.54, 1.807) is 18.4 Å². The zero-order valence-corrected chi connectivity index (χ0v) is 18.5. The topological polar surface area (TPSA) is 70.2 Å². The number of nitrogens with zero attached hydrogens (tertiary/aromatic N) is 3. The third-order valence-electron chi connectivity index (χ3n) is 5.66. The number of carbonyl (C=O) groups excluding carboxylic acids is 1. The van der Waals surface area contributed by atoms with Gasteiger partial charge in [0.05, 0.1) is 36.6 Å². The molecule has 3 heterocycles. The van der Waals surface area contributed by atoms with E-state index >= 15 is 0 Å². The summed E-state index contributed by atoms with van der Waals surface area (Å²) >= 11 is 0. The Kier molecular flexibility index (Phi) is 5.48. The van der Waals surface area contributed by atoms with Gasteiger partial charge in [0.15, 0.2) is 11.4 Å². The molecule has 0 spiro atoms. The minimum atomic E-state index is -0.428. The van der Waals surface area contributed by atoms with Crippen LogP contribution >= 0.6 is 0 Å². The van der Waals surface area contributed by atoms with Crippen molar-refractivity contribution in [3.05, 3.63) is 107 Å². The Morgan fingerprint density at radius 2 is 1.70 bits per heavy atom. The molecule has 0 fully saturated rings. The number of esters is 1. The zero-order valence-electron chi connectivity index (χ0n) is 18.5. The summed E-state index contributed by atoms with van der Waals surface area (Å²) in [6.07, 6.45) is 2.47. The number of aromatic nitrogens is 3. The van der Waals surface area contributed by atoms with Crippen LogP contribution in [-0.2, 0) is 17.7 Å². The highest BCUT2D eigenvalue weighted by molar-refractivity contribution is 6.04. The number of fused-ring (bicyclic) bond motifs is 1. The lowest BCUT2D eigenvalue weighted by molar-refractivity contribution is 0.0603. The van der Waals surface area contributed by atoms with Gasteiger partial charge in [0.2, 0.25) is 0 Å². The van der Waals surface area contributed by atoms with Gasteiger partial charge in [0.1, 0.15) is 5.69 Å². The van der Waals surface area contributed by atoms with Crippen molar-refractivity contribution in [2.24, 2.45) is 0 Å². The van der Waals surface area contributed by atoms with Gasteiger partial charge in [0, 0.05) is 0 Å². The van der Waals surface area contributed by atoms with E-state index in [0.29, 0.717) is 34.6 Å². The third kappa shape index (κ3) is 4.15. The lowest BCUT2D eigenvalue weighted by Gasteiger charge is -2.08. The van der Waals surface area contributed by atoms with Gasteiger partial charge >= 0.3 is 5.97 Å². The molecule has 0 saturated carbocycles. The smallest absolute Gasteiger partial charge is 0.338 e. The summed E-state index contributed by atoms with van der Waals surface area (Å²) in [5.74, 6) is 0.154. The van der Waals surface area contributed by atoms with E-state index in [1.807, 2.05) is 23.7 Å². The van der Waals surface area contributed by atoms with Gasteiger partial charge in [-0.2, -0.15) is 5.10 Å². The first-order valence-electron chi connectivity index (χ1n) is 10.7. The van der Waals surface area contributed by atoms with Crippen LogP contribution in [0.2, 0.25) is 0 Å². The third-order valence-corrected chi connectivity index (χ3v) is 5.66. The van der Waals surface area contributed by atoms with Gasteiger partial charge < -0.3 is 9.15 Å². The molecule has 0 amide bonds. The Hall–Kier alpha value is -4.19. The Morgan fingerprint density at radius 1 is 0.970 bits per heavy atom. The van der Waals surface area contributed by atoms with E-state index in [0.717, 1.165) is 17.7 Å². The fourth-order valence-electron chi connectivity index (χ4n) is 4.05. The molecule has 0 bridgehead atoms. The minimum Gasteiger partial charge on any atom is -0.465 e. The summed E-state index contributed by atoms with van der Waals surface area (Å²) in [4.78, 5) is 17.3. The number of benzene rings is 2. The van der Waals surface area contributed by atoms with Crippen molar-refractivity contribution in [2.75, 3.05) is 7.11 Å². The largest absolute Gasteiger partial charge is 0.465 e. The van der Waals surface area contributed by atoms with Crippen molar-refractivity contribution in [1.29, 1.82) is 0 Å². The molecule has 6 heteroatoms. The highest BCUT2D eigenvalue weighted by atomic mass is 16.5. The molecule has 0 radical (unpaired) electrons. The van der Waals surface area contributed by atoms with E-state index in [4.69, 9.17) is 19.2 Å². The van der Waals surface area contributed by atoms with E-state index < -0.39 is 5.97 Å². The maximum atomic E-state index is 12.5. The molecule has 6 nitrogen and oxygen atoms in total. The van der Waals surface area contributed by atoms with Crippen LogP contribution < -0.4 is 0 Å². The maximum absolute atomic E-state index is 12.5. The van der Waals surface area contributed by atoms with E-state index in [-0.39, 0.29) is 0 Å². The molecule has 0 aliphatic heterocycles. The quantitative estimate of drug-likeness (QED) is 0.332. The molecule has 0 saturated heterocycles. The molecule has 0 aliphatic rings. The molecule has 33 heavy (non-hydrogen) atoms. The number of methoxy groups -OCH3 is 1. The van der Waals surface area contributed by atoms with Crippen molar-refractivity contribution in [2.45, 2.75) is 19.9 Å². The molecule has 0 unspecified atom stereocenters. The van der Waals surface area contributed by atoms with Crippen LogP contribution in [-0.4, -0.2) is 27.8 Å². The van der Waals surface area contributed by atoms with E-state index in [1.165, 1.54) is 18.2 Å².